The Kier molecular flexibility index (Phi) is 4.37. The molecule has 0 aliphatic rings. The molecule has 0 aromatic heterocycles. The average molecular weight is 259 g/mol. The molecule has 0 aliphatic heterocycles. The number of alkyl halides is 3. The number of hydrogen-bond acceptors (Lipinski definition) is 2. The number of halogens is 5. The van der Waals surface area contributed by atoms with E-state index in [1.165, 1.54) is 12.1 Å². The van der Waals surface area contributed by atoms with Crippen LogP contribution in [0.4, 0.5) is 17.6 Å². The summed E-state index contributed by atoms with van der Waals surface area (Å²) >= 11 is 5.39. The predicted octanol–water partition coefficient (Wildman–Crippen LogP) is 3.39. The highest BCUT2D eigenvalue weighted by Crippen LogP contribution is 2.20. The Labute approximate surface area is 93.7 Å². The number of hydrogen-bond donors (Lipinski definition) is 0. The lowest BCUT2D eigenvalue weighted by molar-refractivity contribution is -0.186. The van der Waals surface area contributed by atoms with Gasteiger partial charge in [0.25, 0.3) is 0 Å². The molecule has 0 unspecified atom stereocenters. The van der Waals surface area contributed by atoms with Crippen LogP contribution >= 0.6 is 11.6 Å². The van der Waals surface area contributed by atoms with Gasteiger partial charge in [0.05, 0.1) is 5.02 Å². The van der Waals surface area contributed by atoms with Crippen LogP contribution in [0.5, 0.6) is 5.75 Å². The Hall–Kier alpha value is -1.01. The van der Waals surface area contributed by atoms with Crippen molar-refractivity contribution in [2.45, 2.75) is 6.18 Å². The SMILES string of the molecule is Fc1cc(OCOCC(F)(F)F)ccc1Cl. The van der Waals surface area contributed by atoms with Crippen LogP contribution in [0.3, 0.4) is 0 Å². The van der Waals surface area contributed by atoms with E-state index in [9.17, 15) is 17.6 Å². The normalized spacial score (nSPS) is 11.6. The van der Waals surface area contributed by atoms with E-state index in [1.54, 1.807) is 0 Å². The second-order valence-electron chi connectivity index (χ2n) is 2.80. The molecule has 1 aromatic carbocycles. The van der Waals surface area contributed by atoms with Gasteiger partial charge in [-0.3, -0.25) is 0 Å². The van der Waals surface area contributed by atoms with E-state index in [0.29, 0.717) is 0 Å². The Morgan fingerprint density at radius 2 is 1.94 bits per heavy atom. The Morgan fingerprint density at radius 1 is 1.25 bits per heavy atom. The fourth-order valence-electron chi connectivity index (χ4n) is 0.834. The highest BCUT2D eigenvalue weighted by atomic mass is 35.5. The van der Waals surface area contributed by atoms with Gasteiger partial charge in [-0.2, -0.15) is 13.2 Å². The lowest BCUT2D eigenvalue weighted by atomic mass is 10.3. The van der Waals surface area contributed by atoms with Crippen LogP contribution in [0.25, 0.3) is 0 Å². The first-order chi connectivity index (χ1) is 7.38. The molecule has 0 radical (unpaired) electrons. The smallest absolute Gasteiger partial charge is 0.411 e. The van der Waals surface area contributed by atoms with E-state index in [0.717, 1.165) is 6.07 Å². The minimum Gasteiger partial charge on any atom is -0.467 e. The fraction of sp³-hybridized carbons (Fsp3) is 0.333. The molecule has 1 rings (SSSR count). The van der Waals surface area contributed by atoms with Gasteiger partial charge in [-0.05, 0) is 12.1 Å². The van der Waals surface area contributed by atoms with Crippen molar-refractivity contribution in [2.24, 2.45) is 0 Å². The van der Waals surface area contributed by atoms with E-state index in [1.807, 2.05) is 0 Å². The number of benzene rings is 1. The summed E-state index contributed by atoms with van der Waals surface area (Å²) in [5.74, 6) is -0.668. The van der Waals surface area contributed by atoms with Crippen molar-refractivity contribution < 1.29 is 27.0 Å². The monoisotopic (exact) mass is 258 g/mol. The summed E-state index contributed by atoms with van der Waals surface area (Å²) in [5.41, 5.74) is 0. The summed E-state index contributed by atoms with van der Waals surface area (Å²) < 4.78 is 56.7. The van der Waals surface area contributed by atoms with E-state index < -0.39 is 25.4 Å². The maximum atomic E-state index is 12.8. The molecule has 0 atom stereocenters. The maximum Gasteiger partial charge on any atom is 0.411 e. The molecule has 0 bridgehead atoms. The van der Waals surface area contributed by atoms with Crippen molar-refractivity contribution in [3.8, 4) is 5.75 Å². The molecule has 0 N–H and O–H groups in total. The van der Waals surface area contributed by atoms with Crippen LogP contribution in [-0.4, -0.2) is 19.6 Å². The topological polar surface area (TPSA) is 18.5 Å². The summed E-state index contributed by atoms with van der Waals surface area (Å²) in [6.07, 6.45) is -4.41. The lowest BCUT2D eigenvalue weighted by Gasteiger charge is -2.09. The van der Waals surface area contributed by atoms with Gasteiger partial charge in [0.15, 0.2) is 6.79 Å². The summed E-state index contributed by atoms with van der Waals surface area (Å²) in [7, 11) is 0. The van der Waals surface area contributed by atoms with Gasteiger partial charge in [0.1, 0.15) is 18.2 Å². The van der Waals surface area contributed by atoms with Gasteiger partial charge in [0.2, 0.25) is 0 Å². The van der Waals surface area contributed by atoms with Gasteiger partial charge in [0, 0.05) is 6.07 Å². The van der Waals surface area contributed by atoms with Crippen molar-refractivity contribution in [1.29, 1.82) is 0 Å². The largest absolute Gasteiger partial charge is 0.467 e. The van der Waals surface area contributed by atoms with Gasteiger partial charge < -0.3 is 9.47 Å². The highest BCUT2D eigenvalue weighted by Gasteiger charge is 2.27. The second-order valence-corrected chi connectivity index (χ2v) is 3.21. The van der Waals surface area contributed by atoms with Gasteiger partial charge in [-0.1, -0.05) is 11.6 Å². The van der Waals surface area contributed by atoms with Crippen LogP contribution in [0.1, 0.15) is 0 Å². The maximum absolute atomic E-state index is 12.8. The summed E-state index contributed by atoms with van der Waals surface area (Å²) in [6, 6.07) is 3.51. The molecule has 0 heterocycles. The van der Waals surface area contributed by atoms with Crippen molar-refractivity contribution in [2.75, 3.05) is 13.4 Å². The van der Waals surface area contributed by atoms with Crippen molar-refractivity contribution in [1.82, 2.24) is 0 Å². The first-order valence-corrected chi connectivity index (χ1v) is 4.48. The van der Waals surface area contributed by atoms with Crippen molar-refractivity contribution >= 4 is 11.6 Å². The highest BCUT2D eigenvalue weighted by molar-refractivity contribution is 6.30. The molecule has 2 nitrogen and oxygen atoms in total. The summed E-state index contributed by atoms with van der Waals surface area (Å²) in [4.78, 5) is 0. The quantitative estimate of drug-likeness (QED) is 0.468. The van der Waals surface area contributed by atoms with Gasteiger partial charge in [-0.25, -0.2) is 4.39 Å². The van der Waals surface area contributed by atoms with Crippen LogP contribution in [0.2, 0.25) is 5.02 Å². The van der Waals surface area contributed by atoms with Crippen LogP contribution in [0.15, 0.2) is 18.2 Å². The Balaban J connectivity index is 2.35. The van der Waals surface area contributed by atoms with Crippen molar-refractivity contribution in [3.63, 3.8) is 0 Å². The molecule has 0 spiro atoms. The zero-order chi connectivity index (χ0) is 12.2. The molecule has 90 valence electrons. The van der Waals surface area contributed by atoms with Crippen LogP contribution in [-0.2, 0) is 4.74 Å². The predicted molar refractivity (Wildman–Crippen MR) is 48.9 cm³/mol. The third-order valence-corrected chi connectivity index (χ3v) is 1.77. The standard InChI is InChI=1S/C9H7ClF4O2/c10-7-2-1-6(3-8(7)11)16-5-15-4-9(12,13)14/h1-3H,4-5H2. The molecular weight excluding hydrogens is 252 g/mol. The number of ether oxygens (including phenoxy) is 2. The van der Waals surface area contributed by atoms with Crippen LogP contribution < -0.4 is 4.74 Å². The first-order valence-electron chi connectivity index (χ1n) is 4.11. The molecule has 0 saturated heterocycles. The van der Waals surface area contributed by atoms with E-state index in [-0.39, 0.29) is 10.8 Å². The van der Waals surface area contributed by atoms with E-state index in [2.05, 4.69) is 4.74 Å². The van der Waals surface area contributed by atoms with Crippen molar-refractivity contribution in [3.05, 3.63) is 29.0 Å². The molecule has 0 aliphatic carbocycles. The average Bonchev–Trinajstić information content (AvgIpc) is 2.17. The number of rotatable bonds is 4. The minimum absolute atomic E-state index is 0.0454. The zero-order valence-electron chi connectivity index (χ0n) is 7.85. The van der Waals surface area contributed by atoms with E-state index >= 15 is 0 Å². The molecule has 7 heteroatoms. The lowest BCUT2D eigenvalue weighted by Crippen LogP contribution is -2.19. The Morgan fingerprint density at radius 3 is 2.50 bits per heavy atom. The third kappa shape index (κ3) is 4.67. The van der Waals surface area contributed by atoms with E-state index in [4.69, 9.17) is 16.3 Å². The molecule has 16 heavy (non-hydrogen) atoms. The molecule has 0 amide bonds. The van der Waals surface area contributed by atoms with Crippen LogP contribution in [0, 0.1) is 5.82 Å². The second kappa shape index (κ2) is 5.36. The summed E-state index contributed by atoms with van der Waals surface area (Å²) in [5, 5.41) is -0.0939. The summed E-state index contributed by atoms with van der Waals surface area (Å²) in [6.45, 7) is -2.02. The molecule has 1 aromatic rings. The minimum atomic E-state index is -4.41. The zero-order valence-corrected chi connectivity index (χ0v) is 8.61. The molecule has 0 saturated carbocycles. The van der Waals surface area contributed by atoms with Gasteiger partial charge in [-0.15, -0.1) is 0 Å². The van der Waals surface area contributed by atoms with Gasteiger partial charge >= 0.3 is 6.18 Å². The molecule has 0 fully saturated rings. The Bertz CT molecular complexity index is 354. The molecular formula is C9H7ClF4O2. The third-order valence-electron chi connectivity index (χ3n) is 1.47. The first kappa shape index (κ1) is 13.1. The fourth-order valence-corrected chi connectivity index (χ4v) is 0.951.